The lowest BCUT2D eigenvalue weighted by Crippen LogP contribution is -2.22. The number of allylic oxidation sites excluding steroid dienone is 1. The van der Waals surface area contributed by atoms with Gasteiger partial charge in [0.25, 0.3) is 0 Å². The number of carbonyl (C=O) groups is 1. The molecule has 2 aromatic rings. The lowest BCUT2D eigenvalue weighted by molar-refractivity contribution is -0.105. The number of para-hydroxylation sites is 1. The van der Waals surface area contributed by atoms with Gasteiger partial charge in [-0.25, -0.2) is 0 Å². The van der Waals surface area contributed by atoms with Crippen LogP contribution >= 0.6 is 0 Å². The number of nitrogens with zero attached hydrogens (tertiary/aromatic N) is 1. The van der Waals surface area contributed by atoms with Crippen LogP contribution in [0.1, 0.15) is 18.5 Å². The molecule has 0 saturated carbocycles. The topological polar surface area (TPSA) is 29.5 Å². The fourth-order valence-corrected chi connectivity index (χ4v) is 2.42. The Hall–Kier alpha value is -2.39. The molecule has 0 fully saturated rings. The van der Waals surface area contributed by atoms with E-state index in [0.717, 1.165) is 28.9 Å². The Kier molecular flexibility index (Phi) is 5.50. The number of hydrogen-bond donors (Lipinski definition) is 0. The first-order chi connectivity index (χ1) is 10.7. The molecule has 0 aliphatic heterocycles. The van der Waals surface area contributed by atoms with Gasteiger partial charge in [-0.05, 0) is 50.8 Å². The zero-order valence-electron chi connectivity index (χ0n) is 13.2. The Morgan fingerprint density at radius 3 is 2.09 bits per heavy atom. The highest BCUT2D eigenvalue weighted by Gasteiger charge is 2.18. The third-order valence-electron chi connectivity index (χ3n) is 3.48. The molecule has 0 saturated heterocycles. The van der Waals surface area contributed by atoms with Crippen LogP contribution in [0, 0.1) is 0 Å². The molecular weight excluding hydrogens is 274 g/mol. The molecule has 22 heavy (non-hydrogen) atoms. The molecule has 0 N–H and O–H groups in total. The molecule has 0 aliphatic carbocycles. The number of aldehydes is 1. The van der Waals surface area contributed by atoms with E-state index in [1.807, 2.05) is 86.6 Å². The SMILES string of the molecule is C/C=C(/C=O)C(c1ccc(Oc2ccccc2)cc1)N(C)C. The van der Waals surface area contributed by atoms with Gasteiger partial charge in [0.1, 0.15) is 17.8 Å². The summed E-state index contributed by atoms with van der Waals surface area (Å²) >= 11 is 0. The minimum atomic E-state index is -0.0479. The second-order valence-electron chi connectivity index (χ2n) is 5.26. The number of ether oxygens (including phenoxy) is 1. The van der Waals surface area contributed by atoms with Crippen molar-refractivity contribution in [2.75, 3.05) is 14.1 Å². The van der Waals surface area contributed by atoms with Gasteiger partial charge in [0.2, 0.25) is 0 Å². The normalized spacial score (nSPS) is 13.0. The molecular formula is C19H21NO2. The average molecular weight is 295 g/mol. The Labute approximate surface area is 131 Å². The van der Waals surface area contributed by atoms with Gasteiger partial charge in [-0.1, -0.05) is 36.4 Å². The molecule has 0 radical (unpaired) electrons. The number of rotatable bonds is 6. The second kappa shape index (κ2) is 7.57. The van der Waals surface area contributed by atoms with E-state index in [0.29, 0.717) is 0 Å². The van der Waals surface area contributed by atoms with Crippen molar-refractivity contribution < 1.29 is 9.53 Å². The van der Waals surface area contributed by atoms with Crippen LogP contribution in [0.25, 0.3) is 0 Å². The molecule has 2 rings (SSSR count). The van der Waals surface area contributed by atoms with Crippen molar-refractivity contribution in [1.29, 1.82) is 0 Å². The molecule has 1 unspecified atom stereocenters. The second-order valence-corrected chi connectivity index (χ2v) is 5.26. The summed E-state index contributed by atoms with van der Waals surface area (Å²) in [4.78, 5) is 13.3. The van der Waals surface area contributed by atoms with Crippen LogP contribution in [-0.4, -0.2) is 25.3 Å². The summed E-state index contributed by atoms with van der Waals surface area (Å²) in [5.74, 6) is 1.59. The fourth-order valence-electron chi connectivity index (χ4n) is 2.42. The van der Waals surface area contributed by atoms with Gasteiger partial charge in [0, 0.05) is 5.57 Å². The Bertz CT molecular complexity index is 630. The molecule has 0 aliphatic rings. The van der Waals surface area contributed by atoms with Crippen LogP contribution in [0.2, 0.25) is 0 Å². The van der Waals surface area contributed by atoms with Crippen LogP contribution in [0.15, 0.2) is 66.2 Å². The average Bonchev–Trinajstić information content (AvgIpc) is 2.54. The third-order valence-corrected chi connectivity index (χ3v) is 3.48. The first kappa shape index (κ1) is 16.0. The van der Waals surface area contributed by atoms with Crippen molar-refractivity contribution in [3.63, 3.8) is 0 Å². The van der Waals surface area contributed by atoms with Crippen molar-refractivity contribution in [3.8, 4) is 11.5 Å². The maximum absolute atomic E-state index is 11.2. The van der Waals surface area contributed by atoms with E-state index in [1.165, 1.54) is 0 Å². The van der Waals surface area contributed by atoms with Crippen molar-refractivity contribution in [2.24, 2.45) is 0 Å². The molecule has 0 aromatic heterocycles. The first-order valence-corrected chi connectivity index (χ1v) is 7.26. The van der Waals surface area contributed by atoms with Gasteiger partial charge in [-0.2, -0.15) is 0 Å². The Balaban J connectivity index is 2.21. The molecule has 1 atom stereocenters. The van der Waals surface area contributed by atoms with Crippen molar-refractivity contribution in [3.05, 3.63) is 71.8 Å². The van der Waals surface area contributed by atoms with Crippen molar-refractivity contribution in [1.82, 2.24) is 4.90 Å². The van der Waals surface area contributed by atoms with E-state index in [4.69, 9.17) is 4.74 Å². The number of likely N-dealkylation sites (N-methyl/N-ethyl adjacent to an activating group) is 1. The Morgan fingerprint density at radius 2 is 1.59 bits per heavy atom. The monoisotopic (exact) mass is 295 g/mol. The summed E-state index contributed by atoms with van der Waals surface area (Å²) in [5.41, 5.74) is 1.81. The Morgan fingerprint density at radius 1 is 1.00 bits per heavy atom. The highest BCUT2D eigenvalue weighted by Crippen LogP contribution is 2.28. The molecule has 0 spiro atoms. The fraction of sp³-hybridized carbons (Fsp3) is 0.211. The lowest BCUT2D eigenvalue weighted by Gasteiger charge is -2.25. The summed E-state index contributed by atoms with van der Waals surface area (Å²) < 4.78 is 5.79. The highest BCUT2D eigenvalue weighted by molar-refractivity contribution is 5.75. The third kappa shape index (κ3) is 3.83. The highest BCUT2D eigenvalue weighted by atomic mass is 16.5. The quantitative estimate of drug-likeness (QED) is 0.590. The zero-order valence-corrected chi connectivity index (χ0v) is 13.2. The predicted molar refractivity (Wildman–Crippen MR) is 89.2 cm³/mol. The lowest BCUT2D eigenvalue weighted by atomic mass is 9.98. The molecule has 0 amide bonds. The number of carbonyl (C=O) groups excluding carboxylic acids is 1. The van der Waals surface area contributed by atoms with E-state index in [1.54, 1.807) is 0 Å². The van der Waals surface area contributed by atoms with Crippen molar-refractivity contribution in [2.45, 2.75) is 13.0 Å². The minimum Gasteiger partial charge on any atom is -0.457 e. The van der Waals surface area contributed by atoms with Gasteiger partial charge in [0.15, 0.2) is 0 Å². The van der Waals surface area contributed by atoms with E-state index in [9.17, 15) is 4.79 Å². The van der Waals surface area contributed by atoms with Crippen LogP contribution in [0.5, 0.6) is 11.5 Å². The molecule has 3 heteroatoms. The van der Waals surface area contributed by atoms with E-state index < -0.39 is 0 Å². The first-order valence-electron chi connectivity index (χ1n) is 7.26. The van der Waals surface area contributed by atoms with Gasteiger partial charge in [-0.3, -0.25) is 9.69 Å². The van der Waals surface area contributed by atoms with Gasteiger partial charge >= 0.3 is 0 Å². The molecule has 2 aromatic carbocycles. The molecule has 3 nitrogen and oxygen atoms in total. The summed E-state index contributed by atoms with van der Waals surface area (Å²) in [5, 5.41) is 0. The molecule has 0 heterocycles. The van der Waals surface area contributed by atoms with Gasteiger partial charge in [0.05, 0.1) is 6.04 Å². The zero-order chi connectivity index (χ0) is 15.9. The summed E-state index contributed by atoms with van der Waals surface area (Å²) in [6, 6.07) is 17.5. The largest absolute Gasteiger partial charge is 0.457 e. The maximum Gasteiger partial charge on any atom is 0.147 e. The van der Waals surface area contributed by atoms with Gasteiger partial charge in [-0.15, -0.1) is 0 Å². The maximum atomic E-state index is 11.2. The van der Waals surface area contributed by atoms with Gasteiger partial charge < -0.3 is 4.74 Å². The standard InChI is InChI=1S/C19H21NO2/c1-4-15(14-21)19(20(2)3)16-10-12-18(13-11-16)22-17-8-6-5-7-9-17/h4-14,19H,1-3H3/b15-4-. The van der Waals surface area contributed by atoms with Crippen molar-refractivity contribution >= 4 is 6.29 Å². The van der Waals surface area contributed by atoms with Crippen LogP contribution in [-0.2, 0) is 4.79 Å². The van der Waals surface area contributed by atoms with E-state index in [2.05, 4.69) is 0 Å². The smallest absolute Gasteiger partial charge is 0.147 e. The molecule has 114 valence electrons. The summed E-state index contributed by atoms with van der Waals surface area (Å²) in [6.45, 7) is 1.88. The predicted octanol–water partition coefficient (Wildman–Crippen LogP) is 4.23. The number of benzene rings is 2. The summed E-state index contributed by atoms with van der Waals surface area (Å²) in [6.07, 6.45) is 2.77. The van der Waals surface area contributed by atoms with E-state index in [-0.39, 0.29) is 6.04 Å². The number of hydrogen-bond acceptors (Lipinski definition) is 3. The molecule has 0 bridgehead atoms. The van der Waals surface area contributed by atoms with Crippen LogP contribution in [0.3, 0.4) is 0 Å². The van der Waals surface area contributed by atoms with Crippen LogP contribution < -0.4 is 4.74 Å². The van der Waals surface area contributed by atoms with Crippen LogP contribution in [0.4, 0.5) is 0 Å². The summed E-state index contributed by atoms with van der Waals surface area (Å²) in [7, 11) is 3.93. The van der Waals surface area contributed by atoms with E-state index >= 15 is 0 Å². The minimum absolute atomic E-state index is 0.0479.